The zero-order valence-corrected chi connectivity index (χ0v) is 10.2. The van der Waals surface area contributed by atoms with Gasteiger partial charge in [0.1, 0.15) is 17.1 Å². The van der Waals surface area contributed by atoms with Gasteiger partial charge in [-0.2, -0.15) is 18.3 Å². The molecule has 0 amide bonds. The number of carboxylic acids is 1. The number of aromatic carboxylic acids is 1. The Kier molecular flexibility index (Phi) is 3.39. The van der Waals surface area contributed by atoms with E-state index in [1.807, 2.05) is 0 Å². The minimum absolute atomic E-state index is 0.00910. The Morgan fingerprint density at radius 2 is 2.00 bits per heavy atom. The largest absolute Gasteiger partial charge is 0.494 e. The van der Waals surface area contributed by atoms with Crippen LogP contribution < -0.4 is 4.74 Å². The van der Waals surface area contributed by atoms with Gasteiger partial charge in [-0.25, -0.2) is 9.48 Å². The van der Waals surface area contributed by atoms with Gasteiger partial charge in [0.15, 0.2) is 5.69 Å². The highest BCUT2D eigenvalue weighted by Crippen LogP contribution is 2.33. The molecule has 1 N–H and O–H groups in total. The van der Waals surface area contributed by atoms with Crippen molar-refractivity contribution < 1.29 is 27.8 Å². The Morgan fingerprint density at radius 1 is 1.35 bits per heavy atom. The molecule has 0 bridgehead atoms. The number of carbonyl (C=O) groups is 1. The maximum Gasteiger partial charge on any atom is 0.433 e. The number of aromatic nitrogens is 2. The molecule has 0 unspecified atom stereocenters. The Hall–Kier alpha value is -2.51. The van der Waals surface area contributed by atoms with Crippen LogP contribution in [0.5, 0.6) is 5.75 Å². The standard InChI is InChI=1S/C12H9F3N2O3/c1-20-9-5-3-2-4-8(9)17-10(12(13,14)15)6-7(16-17)11(18)19/h2-6H,1H3,(H,18,19). The molecule has 106 valence electrons. The van der Waals surface area contributed by atoms with Gasteiger partial charge in [0.2, 0.25) is 0 Å². The predicted molar refractivity (Wildman–Crippen MR) is 62.1 cm³/mol. The molecule has 20 heavy (non-hydrogen) atoms. The molecule has 1 aromatic heterocycles. The Morgan fingerprint density at radius 3 is 2.55 bits per heavy atom. The molecule has 0 saturated carbocycles. The highest BCUT2D eigenvalue weighted by atomic mass is 19.4. The van der Waals surface area contributed by atoms with Gasteiger partial charge in [0, 0.05) is 6.07 Å². The average Bonchev–Trinajstić information content (AvgIpc) is 2.83. The molecule has 0 aliphatic heterocycles. The average molecular weight is 286 g/mol. The van der Waals surface area contributed by atoms with E-state index in [0.717, 1.165) is 0 Å². The van der Waals surface area contributed by atoms with E-state index in [1.54, 1.807) is 6.07 Å². The van der Waals surface area contributed by atoms with E-state index in [2.05, 4.69) is 5.10 Å². The number of nitrogens with zero attached hydrogens (tertiary/aromatic N) is 2. The summed E-state index contributed by atoms with van der Waals surface area (Å²) in [5.74, 6) is -1.39. The van der Waals surface area contributed by atoms with Crippen LogP contribution in [0.3, 0.4) is 0 Å². The van der Waals surface area contributed by atoms with Crippen molar-refractivity contribution in [2.75, 3.05) is 7.11 Å². The molecule has 0 atom stereocenters. The van der Waals surface area contributed by atoms with Gasteiger partial charge in [-0.1, -0.05) is 12.1 Å². The molecule has 1 aromatic carbocycles. The Labute approximate surface area is 111 Å². The molecular weight excluding hydrogens is 277 g/mol. The summed E-state index contributed by atoms with van der Waals surface area (Å²) in [7, 11) is 1.30. The molecule has 1 heterocycles. The summed E-state index contributed by atoms with van der Waals surface area (Å²) < 4.78 is 44.3. The predicted octanol–water partition coefficient (Wildman–Crippen LogP) is 2.60. The fourth-order valence-corrected chi connectivity index (χ4v) is 1.68. The fourth-order valence-electron chi connectivity index (χ4n) is 1.68. The number of hydrogen-bond acceptors (Lipinski definition) is 3. The second kappa shape index (κ2) is 4.87. The summed E-state index contributed by atoms with van der Waals surface area (Å²) in [6, 6.07) is 6.37. The highest BCUT2D eigenvalue weighted by Gasteiger charge is 2.37. The molecule has 2 rings (SSSR count). The van der Waals surface area contributed by atoms with E-state index >= 15 is 0 Å². The molecule has 0 aliphatic rings. The lowest BCUT2D eigenvalue weighted by Crippen LogP contribution is -2.13. The molecular formula is C12H9F3N2O3. The van der Waals surface area contributed by atoms with Crippen molar-refractivity contribution in [2.24, 2.45) is 0 Å². The molecule has 0 saturated heterocycles. The van der Waals surface area contributed by atoms with Crippen LogP contribution in [0.4, 0.5) is 13.2 Å². The van der Waals surface area contributed by atoms with Crippen LogP contribution in [-0.4, -0.2) is 28.0 Å². The summed E-state index contributed by atoms with van der Waals surface area (Å²) in [4.78, 5) is 10.8. The van der Waals surface area contributed by atoms with Crippen LogP contribution in [-0.2, 0) is 6.18 Å². The van der Waals surface area contributed by atoms with Crippen LogP contribution >= 0.6 is 0 Å². The van der Waals surface area contributed by atoms with Gasteiger partial charge in [-0.15, -0.1) is 0 Å². The summed E-state index contributed by atoms with van der Waals surface area (Å²) >= 11 is 0. The van der Waals surface area contributed by atoms with Crippen LogP contribution in [0.15, 0.2) is 30.3 Å². The maximum absolute atomic E-state index is 13.0. The van der Waals surface area contributed by atoms with Gasteiger partial charge in [-0.05, 0) is 12.1 Å². The smallest absolute Gasteiger partial charge is 0.433 e. The van der Waals surface area contributed by atoms with Crippen LogP contribution in [0.1, 0.15) is 16.2 Å². The summed E-state index contributed by atoms with van der Waals surface area (Å²) in [6.07, 6.45) is -4.73. The number of carboxylic acid groups (broad SMARTS) is 1. The van der Waals surface area contributed by atoms with Crippen molar-refractivity contribution in [3.8, 4) is 11.4 Å². The molecule has 0 aliphatic carbocycles. The van der Waals surface area contributed by atoms with Gasteiger partial charge in [0.25, 0.3) is 0 Å². The second-order valence-corrected chi connectivity index (χ2v) is 3.80. The number of halogens is 3. The van der Waals surface area contributed by atoms with Crippen molar-refractivity contribution in [1.82, 2.24) is 9.78 Å². The van der Waals surface area contributed by atoms with Gasteiger partial charge < -0.3 is 9.84 Å². The lowest BCUT2D eigenvalue weighted by Gasteiger charge is -2.12. The van der Waals surface area contributed by atoms with Crippen molar-refractivity contribution in [3.63, 3.8) is 0 Å². The first-order valence-electron chi connectivity index (χ1n) is 5.38. The Balaban J connectivity index is 2.69. The van der Waals surface area contributed by atoms with Crippen molar-refractivity contribution >= 4 is 5.97 Å². The SMILES string of the molecule is COc1ccccc1-n1nc(C(=O)O)cc1C(F)(F)F. The minimum Gasteiger partial charge on any atom is -0.494 e. The number of methoxy groups -OCH3 is 1. The monoisotopic (exact) mass is 286 g/mol. The van der Waals surface area contributed by atoms with E-state index in [0.29, 0.717) is 10.7 Å². The molecule has 2 aromatic rings. The third-order valence-electron chi connectivity index (χ3n) is 2.53. The highest BCUT2D eigenvalue weighted by molar-refractivity contribution is 5.85. The van der Waals surface area contributed by atoms with Gasteiger partial charge >= 0.3 is 12.1 Å². The zero-order chi connectivity index (χ0) is 14.9. The molecule has 0 spiro atoms. The summed E-state index contributed by atoms with van der Waals surface area (Å²) in [6.45, 7) is 0. The third kappa shape index (κ3) is 2.44. The Bertz CT molecular complexity index is 650. The first-order chi connectivity index (χ1) is 9.34. The topological polar surface area (TPSA) is 64.4 Å². The number of ether oxygens (including phenoxy) is 1. The van der Waals surface area contributed by atoms with E-state index < -0.39 is 23.5 Å². The summed E-state index contributed by atoms with van der Waals surface area (Å²) in [5, 5.41) is 12.3. The van der Waals surface area contributed by atoms with Gasteiger partial charge in [0.05, 0.1) is 7.11 Å². The maximum atomic E-state index is 13.0. The van der Waals surface area contributed by atoms with Crippen LogP contribution in [0.2, 0.25) is 0 Å². The van der Waals surface area contributed by atoms with Crippen molar-refractivity contribution in [1.29, 1.82) is 0 Å². The normalized spacial score (nSPS) is 11.4. The first kappa shape index (κ1) is 13.9. The van der Waals surface area contributed by atoms with E-state index in [1.165, 1.54) is 25.3 Å². The quantitative estimate of drug-likeness (QED) is 0.942. The fraction of sp³-hybridized carbons (Fsp3) is 0.167. The van der Waals surface area contributed by atoms with Gasteiger partial charge in [-0.3, -0.25) is 0 Å². The number of rotatable bonds is 3. The van der Waals surface area contributed by atoms with Crippen LogP contribution in [0.25, 0.3) is 5.69 Å². The van der Waals surface area contributed by atoms with Crippen LogP contribution in [0, 0.1) is 0 Å². The molecule has 5 nitrogen and oxygen atoms in total. The molecule has 0 radical (unpaired) electrons. The van der Waals surface area contributed by atoms with Crippen molar-refractivity contribution in [3.05, 3.63) is 41.7 Å². The second-order valence-electron chi connectivity index (χ2n) is 3.80. The third-order valence-corrected chi connectivity index (χ3v) is 2.53. The lowest BCUT2D eigenvalue weighted by molar-refractivity contribution is -0.142. The van der Waals surface area contributed by atoms with E-state index in [4.69, 9.17) is 9.84 Å². The zero-order valence-electron chi connectivity index (χ0n) is 10.2. The van der Waals surface area contributed by atoms with E-state index in [9.17, 15) is 18.0 Å². The summed E-state index contributed by atoms with van der Waals surface area (Å²) in [5.41, 5.74) is -1.86. The molecule has 8 heteroatoms. The lowest BCUT2D eigenvalue weighted by atomic mass is 10.3. The van der Waals surface area contributed by atoms with E-state index in [-0.39, 0.29) is 11.4 Å². The molecule has 0 fully saturated rings. The number of hydrogen-bond donors (Lipinski definition) is 1. The number of benzene rings is 1. The number of alkyl halides is 3. The minimum atomic E-state index is -4.73. The number of para-hydroxylation sites is 2. The van der Waals surface area contributed by atoms with Crippen molar-refractivity contribution in [2.45, 2.75) is 6.18 Å². The first-order valence-corrected chi connectivity index (χ1v) is 5.38.